The number of hydrogen-bond donors (Lipinski definition) is 1. The van der Waals surface area contributed by atoms with E-state index in [4.69, 9.17) is 9.47 Å². The van der Waals surface area contributed by atoms with Crippen molar-refractivity contribution in [3.8, 4) is 11.5 Å². The molecule has 5 heteroatoms. The molecule has 1 aromatic carbocycles. The van der Waals surface area contributed by atoms with Gasteiger partial charge in [0.15, 0.2) is 0 Å². The fraction of sp³-hybridized carbons (Fsp3) is 0.625. The lowest BCUT2D eigenvalue weighted by molar-refractivity contribution is 0.254. The Labute approximate surface area is 129 Å². The summed E-state index contributed by atoms with van der Waals surface area (Å²) in [6.07, 6.45) is 2.91. The van der Waals surface area contributed by atoms with E-state index in [1.54, 1.807) is 6.26 Å². The van der Waals surface area contributed by atoms with Gasteiger partial charge in [-0.05, 0) is 32.9 Å². The Bertz CT molecular complexity index is 518. The standard InChI is InChI=1S/C16H25NO3S/c1-5-19-15-7-13-6-11(2)20-16(13)8-14(15)10-17-9-12(3)21(4)18/h7-8,11-12,17H,5-6,9-10H2,1-4H3. The van der Waals surface area contributed by atoms with Crippen LogP contribution in [-0.4, -0.2) is 35.0 Å². The van der Waals surface area contributed by atoms with E-state index in [-0.39, 0.29) is 11.4 Å². The molecule has 118 valence electrons. The maximum absolute atomic E-state index is 11.4. The zero-order valence-electron chi connectivity index (χ0n) is 13.3. The molecule has 0 aromatic heterocycles. The number of ether oxygens (including phenoxy) is 2. The first kappa shape index (κ1) is 16.3. The number of nitrogens with one attached hydrogen (secondary N) is 1. The van der Waals surface area contributed by atoms with Crippen LogP contribution in [0.2, 0.25) is 0 Å². The van der Waals surface area contributed by atoms with Gasteiger partial charge < -0.3 is 14.8 Å². The summed E-state index contributed by atoms with van der Waals surface area (Å²) in [4.78, 5) is 0. The Kier molecular flexibility index (Phi) is 5.65. The van der Waals surface area contributed by atoms with E-state index in [1.807, 2.05) is 13.8 Å². The predicted octanol–water partition coefficient (Wildman–Crippen LogP) is 2.27. The van der Waals surface area contributed by atoms with Crippen LogP contribution in [0.1, 0.15) is 31.9 Å². The van der Waals surface area contributed by atoms with Gasteiger partial charge in [0.2, 0.25) is 0 Å². The van der Waals surface area contributed by atoms with Crippen LogP contribution in [0.15, 0.2) is 12.1 Å². The second kappa shape index (κ2) is 7.27. The zero-order valence-corrected chi connectivity index (χ0v) is 14.1. The Morgan fingerprint density at radius 1 is 1.52 bits per heavy atom. The fourth-order valence-electron chi connectivity index (χ4n) is 2.44. The van der Waals surface area contributed by atoms with Gasteiger partial charge in [-0.1, -0.05) is 0 Å². The minimum absolute atomic E-state index is 0.145. The molecule has 3 unspecified atom stereocenters. The molecule has 0 amide bonds. The second-order valence-electron chi connectivity index (χ2n) is 5.57. The van der Waals surface area contributed by atoms with Crippen molar-refractivity contribution < 1.29 is 13.7 Å². The lowest BCUT2D eigenvalue weighted by atomic mass is 10.1. The summed E-state index contributed by atoms with van der Waals surface area (Å²) in [6.45, 7) is 8.13. The van der Waals surface area contributed by atoms with Crippen molar-refractivity contribution in [2.45, 2.75) is 45.1 Å². The maximum atomic E-state index is 11.4. The SMILES string of the molecule is CCOc1cc2c(cc1CNCC(C)S(C)=O)OC(C)C2. The van der Waals surface area contributed by atoms with Gasteiger partial charge in [0, 0.05) is 52.9 Å². The molecule has 0 radical (unpaired) electrons. The molecule has 0 aliphatic carbocycles. The Hall–Kier alpha value is -1.07. The fourth-order valence-corrected chi connectivity index (χ4v) is 2.79. The highest BCUT2D eigenvalue weighted by atomic mass is 32.2. The normalized spacial score (nSPS) is 19.7. The van der Waals surface area contributed by atoms with E-state index in [0.29, 0.717) is 13.2 Å². The van der Waals surface area contributed by atoms with Crippen molar-refractivity contribution in [2.24, 2.45) is 0 Å². The van der Waals surface area contributed by atoms with Gasteiger partial charge in [-0.15, -0.1) is 0 Å². The first-order valence-corrected chi connectivity index (χ1v) is 9.11. The highest BCUT2D eigenvalue weighted by molar-refractivity contribution is 7.84. The predicted molar refractivity (Wildman–Crippen MR) is 86.6 cm³/mol. The summed E-state index contributed by atoms with van der Waals surface area (Å²) in [5.74, 6) is 1.89. The van der Waals surface area contributed by atoms with E-state index in [0.717, 1.165) is 30.0 Å². The molecule has 1 N–H and O–H groups in total. The van der Waals surface area contributed by atoms with Crippen LogP contribution in [0.3, 0.4) is 0 Å². The number of rotatable bonds is 7. The molecule has 1 aliphatic heterocycles. The van der Waals surface area contributed by atoms with Crippen LogP contribution in [0, 0.1) is 0 Å². The van der Waals surface area contributed by atoms with Crippen molar-refractivity contribution in [3.63, 3.8) is 0 Å². The second-order valence-corrected chi connectivity index (χ2v) is 7.38. The molecule has 4 nitrogen and oxygen atoms in total. The molecule has 21 heavy (non-hydrogen) atoms. The average molecular weight is 311 g/mol. The topological polar surface area (TPSA) is 47.6 Å². The number of fused-ring (bicyclic) bond motifs is 1. The van der Waals surface area contributed by atoms with E-state index in [2.05, 4.69) is 24.4 Å². The molecule has 0 saturated carbocycles. The summed E-state index contributed by atoms with van der Waals surface area (Å²) in [7, 11) is -0.800. The number of hydrogen-bond acceptors (Lipinski definition) is 4. The molecule has 0 spiro atoms. The molecule has 0 saturated heterocycles. The smallest absolute Gasteiger partial charge is 0.124 e. The first-order chi connectivity index (χ1) is 10.0. The lowest BCUT2D eigenvalue weighted by Gasteiger charge is -2.14. The van der Waals surface area contributed by atoms with Crippen LogP contribution in [0.4, 0.5) is 0 Å². The van der Waals surface area contributed by atoms with Crippen molar-refractivity contribution >= 4 is 10.8 Å². The largest absolute Gasteiger partial charge is 0.494 e. The molecule has 1 heterocycles. The quantitative estimate of drug-likeness (QED) is 0.839. The molecular weight excluding hydrogens is 286 g/mol. The van der Waals surface area contributed by atoms with Gasteiger partial charge in [-0.25, -0.2) is 0 Å². The van der Waals surface area contributed by atoms with Gasteiger partial charge in [-0.3, -0.25) is 4.21 Å². The van der Waals surface area contributed by atoms with Gasteiger partial charge in [0.1, 0.15) is 17.6 Å². The summed E-state index contributed by atoms with van der Waals surface area (Å²) in [6, 6.07) is 4.17. The Balaban J connectivity index is 2.07. The highest BCUT2D eigenvalue weighted by Gasteiger charge is 2.21. The molecule has 0 bridgehead atoms. The van der Waals surface area contributed by atoms with Crippen molar-refractivity contribution in [1.82, 2.24) is 5.32 Å². The summed E-state index contributed by atoms with van der Waals surface area (Å²) in [5.41, 5.74) is 2.32. The maximum Gasteiger partial charge on any atom is 0.124 e. The van der Waals surface area contributed by atoms with Crippen LogP contribution >= 0.6 is 0 Å². The van der Waals surface area contributed by atoms with Gasteiger partial charge in [0.05, 0.1) is 6.61 Å². The minimum Gasteiger partial charge on any atom is -0.494 e. The molecule has 1 aliphatic rings. The summed E-state index contributed by atoms with van der Waals surface area (Å²) < 4.78 is 22.9. The van der Waals surface area contributed by atoms with Gasteiger partial charge in [-0.2, -0.15) is 0 Å². The third-order valence-electron chi connectivity index (χ3n) is 3.69. The number of benzene rings is 1. The monoisotopic (exact) mass is 311 g/mol. The van der Waals surface area contributed by atoms with Crippen LogP contribution in [-0.2, 0) is 23.8 Å². The minimum atomic E-state index is -0.800. The molecule has 2 rings (SSSR count). The highest BCUT2D eigenvalue weighted by Crippen LogP contribution is 2.35. The van der Waals surface area contributed by atoms with Crippen LogP contribution in [0.5, 0.6) is 11.5 Å². The average Bonchev–Trinajstić information content (AvgIpc) is 2.78. The Morgan fingerprint density at radius 2 is 2.29 bits per heavy atom. The molecule has 0 fully saturated rings. The van der Waals surface area contributed by atoms with Crippen LogP contribution < -0.4 is 14.8 Å². The van der Waals surface area contributed by atoms with E-state index in [1.165, 1.54) is 5.56 Å². The Morgan fingerprint density at radius 3 is 2.95 bits per heavy atom. The van der Waals surface area contributed by atoms with E-state index < -0.39 is 10.8 Å². The van der Waals surface area contributed by atoms with Crippen LogP contribution in [0.25, 0.3) is 0 Å². The van der Waals surface area contributed by atoms with E-state index in [9.17, 15) is 4.21 Å². The first-order valence-electron chi connectivity index (χ1n) is 7.49. The van der Waals surface area contributed by atoms with Gasteiger partial charge in [0.25, 0.3) is 0 Å². The summed E-state index contributed by atoms with van der Waals surface area (Å²) in [5, 5.41) is 3.50. The molecule has 3 atom stereocenters. The molecular formula is C16H25NO3S. The van der Waals surface area contributed by atoms with Gasteiger partial charge >= 0.3 is 0 Å². The van der Waals surface area contributed by atoms with Crippen molar-refractivity contribution in [2.75, 3.05) is 19.4 Å². The summed E-state index contributed by atoms with van der Waals surface area (Å²) >= 11 is 0. The third kappa shape index (κ3) is 4.20. The third-order valence-corrected chi connectivity index (χ3v) is 4.99. The van der Waals surface area contributed by atoms with Crippen molar-refractivity contribution in [3.05, 3.63) is 23.3 Å². The van der Waals surface area contributed by atoms with E-state index >= 15 is 0 Å². The lowest BCUT2D eigenvalue weighted by Crippen LogP contribution is -2.27. The molecule has 1 aromatic rings. The zero-order chi connectivity index (χ0) is 15.4. The van der Waals surface area contributed by atoms with Crippen molar-refractivity contribution in [1.29, 1.82) is 0 Å².